The Morgan fingerprint density at radius 3 is 2.93 bits per heavy atom. The van der Waals surface area contributed by atoms with Crippen molar-refractivity contribution in [3.8, 4) is 5.75 Å². The number of benzene rings is 1. The van der Waals surface area contributed by atoms with Gasteiger partial charge in [0.2, 0.25) is 0 Å². The monoisotopic (exact) mass is 197 g/mol. The highest BCUT2D eigenvalue weighted by atomic mass is 19.1. The molecule has 0 fully saturated rings. The molecule has 0 aromatic heterocycles. The summed E-state index contributed by atoms with van der Waals surface area (Å²) in [6.07, 6.45) is 1.82. The van der Waals surface area contributed by atoms with Crippen molar-refractivity contribution in [2.75, 3.05) is 6.61 Å². The van der Waals surface area contributed by atoms with Crippen LogP contribution in [0.15, 0.2) is 24.3 Å². The molecule has 0 amide bonds. The topological polar surface area (TPSA) is 35.2 Å². The maximum absolute atomic E-state index is 12.7. The van der Waals surface area contributed by atoms with Crippen LogP contribution in [0.3, 0.4) is 0 Å². The van der Waals surface area contributed by atoms with Crippen LogP contribution >= 0.6 is 0 Å². The largest absolute Gasteiger partial charge is 0.493 e. The van der Waals surface area contributed by atoms with E-state index in [1.54, 1.807) is 12.1 Å². The van der Waals surface area contributed by atoms with Gasteiger partial charge in [-0.1, -0.05) is 6.07 Å². The molecule has 0 saturated heterocycles. The molecule has 1 atom stereocenters. The minimum absolute atomic E-state index is 0.200. The molecule has 2 nitrogen and oxygen atoms in total. The standard InChI is InChI=1S/C11H16FNO/c1-9(13)4-3-7-14-11-6-2-5-10(12)8-11/h2,5-6,8-9H,3-4,7,13H2,1H3. The van der Waals surface area contributed by atoms with Gasteiger partial charge >= 0.3 is 0 Å². The van der Waals surface area contributed by atoms with Gasteiger partial charge in [0.25, 0.3) is 0 Å². The van der Waals surface area contributed by atoms with Crippen molar-refractivity contribution in [3.63, 3.8) is 0 Å². The van der Waals surface area contributed by atoms with Crippen LogP contribution in [0.25, 0.3) is 0 Å². The van der Waals surface area contributed by atoms with Crippen molar-refractivity contribution in [1.29, 1.82) is 0 Å². The Labute approximate surface area is 83.9 Å². The van der Waals surface area contributed by atoms with Gasteiger partial charge in [0.1, 0.15) is 11.6 Å². The molecule has 0 heterocycles. The summed E-state index contributed by atoms with van der Waals surface area (Å²) in [5.74, 6) is 0.310. The Hall–Kier alpha value is -1.09. The summed E-state index contributed by atoms with van der Waals surface area (Å²) in [4.78, 5) is 0. The highest BCUT2D eigenvalue weighted by Gasteiger charge is 1.97. The molecule has 1 rings (SSSR count). The summed E-state index contributed by atoms with van der Waals surface area (Å²) in [6.45, 7) is 2.55. The van der Waals surface area contributed by atoms with Crippen molar-refractivity contribution in [2.24, 2.45) is 5.73 Å². The Bertz CT molecular complexity index is 276. The fourth-order valence-corrected chi connectivity index (χ4v) is 1.15. The first-order valence-corrected chi connectivity index (χ1v) is 4.82. The first-order valence-electron chi connectivity index (χ1n) is 4.82. The van der Waals surface area contributed by atoms with Crippen molar-refractivity contribution in [2.45, 2.75) is 25.8 Å². The van der Waals surface area contributed by atoms with E-state index in [2.05, 4.69) is 0 Å². The quantitative estimate of drug-likeness (QED) is 0.735. The third-order valence-electron chi connectivity index (χ3n) is 1.87. The van der Waals surface area contributed by atoms with E-state index in [0.29, 0.717) is 12.4 Å². The van der Waals surface area contributed by atoms with Gasteiger partial charge < -0.3 is 10.5 Å². The second kappa shape index (κ2) is 5.60. The van der Waals surface area contributed by atoms with Crippen molar-refractivity contribution >= 4 is 0 Å². The molecule has 0 aliphatic rings. The van der Waals surface area contributed by atoms with Crippen LogP contribution < -0.4 is 10.5 Å². The van der Waals surface area contributed by atoms with E-state index in [-0.39, 0.29) is 11.9 Å². The zero-order valence-corrected chi connectivity index (χ0v) is 8.37. The van der Waals surface area contributed by atoms with E-state index in [4.69, 9.17) is 10.5 Å². The average molecular weight is 197 g/mol. The fraction of sp³-hybridized carbons (Fsp3) is 0.455. The van der Waals surface area contributed by atoms with Crippen LogP contribution in [-0.4, -0.2) is 12.6 Å². The zero-order chi connectivity index (χ0) is 10.4. The van der Waals surface area contributed by atoms with Gasteiger partial charge in [-0.05, 0) is 31.9 Å². The fourth-order valence-electron chi connectivity index (χ4n) is 1.15. The highest BCUT2D eigenvalue weighted by Crippen LogP contribution is 2.12. The van der Waals surface area contributed by atoms with Gasteiger partial charge in [-0.3, -0.25) is 0 Å². The first-order chi connectivity index (χ1) is 6.68. The van der Waals surface area contributed by atoms with Crippen LogP contribution in [-0.2, 0) is 0 Å². The normalized spacial score (nSPS) is 12.5. The molecule has 2 N–H and O–H groups in total. The number of ether oxygens (including phenoxy) is 1. The number of rotatable bonds is 5. The van der Waals surface area contributed by atoms with Crippen molar-refractivity contribution < 1.29 is 9.13 Å². The molecule has 78 valence electrons. The van der Waals surface area contributed by atoms with Crippen molar-refractivity contribution in [1.82, 2.24) is 0 Å². The first kappa shape index (κ1) is 11.0. The Morgan fingerprint density at radius 2 is 2.29 bits per heavy atom. The van der Waals surface area contributed by atoms with Gasteiger partial charge in [-0.25, -0.2) is 4.39 Å². The van der Waals surface area contributed by atoms with E-state index in [0.717, 1.165) is 12.8 Å². The maximum atomic E-state index is 12.7. The molecular weight excluding hydrogens is 181 g/mol. The summed E-state index contributed by atoms with van der Waals surface area (Å²) in [7, 11) is 0. The Balaban J connectivity index is 2.25. The molecule has 3 heteroatoms. The molecule has 1 aromatic rings. The van der Waals surface area contributed by atoms with Gasteiger partial charge in [0, 0.05) is 12.1 Å². The maximum Gasteiger partial charge on any atom is 0.126 e. The summed E-state index contributed by atoms with van der Waals surface area (Å²) in [5.41, 5.74) is 5.58. The van der Waals surface area contributed by atoms with Gasteiger partial charge in [-0.15, -0.1) is 0 Å². The van der Waals surface area contributed by atoms with Crippen LogP contribution in [0.4, 0.5) is 4.39 Å². The Morgan fingerprint density at radius 1 is 1.50 bits per heavy atom. The molecule has 0 aliphatic carbocycles. The minimum atomic E-state index is -0.269. The van der Waals surface area contributed by atoms with Crippen LogP contribution in [0.5, 0.6) is 5.75 Å². The number of halogens is 1. The molecule has 14 heavy (non-hydrogen) atoms. The minimum Gasteiger partial charge on any atom is -0.493 e. The average Bonchev–Trinajstić information content (AvgIpc) is 2.12. The van der Waals surface area contributed by atoms with Crippen molar-refractivity contribution in [3.05, 3.63) is 30.1 Å². The number of nitrogens with two attached hydrogens (primary N) is 1. The van der Waals surface area contributed by atoms with E-state index >= 15 is 0 Å². The smallest absolute Gasteiger partial charge is 0.126 e. The summed E-state index contributed by atoms with van der Waals surface area (Å²) >= 11 is 0. The Kier molecular flexibility index (Phi) is 4.40. The van der Waals surface area contributed by atoms with Crippen LogP contribution in [0.1, 0.15) is 19.8 Å². The lowest BCUT2D eigenvalue weighted by Gasteiger charge is -2.07. The lowest BCUT2D eigenvalue weighted by molar-refractivity contribution is 0.301. The molecule has 1 unspecified atom stereocenters. The molecule has 0 radical (unpaired) electrons. The lowest BCUT2D eigenvalue weighted by atomic mass is 10.2. The van der Waals surface area contributed by atoms with Crippen LogP contribution in [0, 0.1) is 5.82 Å². The van der Waals surface area contributed by atoms with Gasteiger partial charge in [-0.2, -0.15) is 0 Å². The summed E-state index contributed by atoms with van der Waals surface area (Å²) in [6, 6.07) is 6.36. The molecule has 0 saturated carbocycles. The zero-order valence-electron chi connectivity index (χ0n) is 8.37. The van der Waals surface area contributed by atoms with E-state index in [9.17, 15) is 4.39 Å². The second-order valence-electron chi connectivity index (χ2n) is 3.43. The van der Waals surface area contributed by atoms with E-state index in [1.165, 1.54) is 12.1 Å². The highest BCUT2D eigenvalue weighted by molar-refractivity contribution is 5.22. The third kappa shape index (κ3) is 4.23. The predicted octanol–water partition coefficient (Wildman–Crippen LogP) is 2.33. The lowest BCUT2D eigenvalue weighted by Crippen LogP contribution is -2.15. The van der Waals surface area contributed by atoms with E-state index < -0.39 is 0 Å². The number of hydrogen-bond acceptors (Lipinski definition) is 2. The molecule has 0 bridgehead atoms. The van der Waals surface area contributed by atoms with Gasteiger partial charge in [0.05, 0.1) is 6.61 Å². The second-order valence-corrected chi connectivity index (χ2v) is 3.43. The van der Waals surface area contributed by atoms with Gasteiger partial charge in [0.15, 0.2) is 0 Å². The van der Waals surface area contributed by atoms with E-state index in [1.807, 2.05) is 6.92 Å². The molecular formula is C11H16FNO. The third-order valence-corrected chi connectivity index (χ3v) is 1.87. The molecule has 0 aliphatic heterocycles. The summed E-state index contributed by atoms with van der Waals surface area (Å²) in [5, 5.41) is 0. The van der Waals surface area contributed by atoms with Crippen LogP contribution in [0.2, 0.25) is 0 Å². The number of hydrogen-bond donors (Lipinski definition) is 1. The summed E-state index contributed by atoms with van der Waals surface area (Å²) < 4.78 is 18.0. The predicted molar refractivity (Wildman–Crippen MR) is 54.8 cm³/mol. The molecule has 1 aromatic carbocycles. The molecule has 0 spiro atoms. The SMILES string of the molecule is CC(N)CCCOc1cccc(F)c1.